The smallest absolute Gasteiger partial charge is 0.147 e. The lowest BCUT2D eigenvalue weighted by Gasteiger charge is -2.21. The van der Waals surface area contributed by atoms with Crippen molar-refractivity contribution in [1.82, 2.24) is 0 Å². The third-order valence-corrected chi connectivity index (χ3v) is 3.75. The Morgan fingerprint density at radius 2 is 2.00 bits per heavy atom. The Kier molecular flexibility index (Phi) is 3.45. The number of halogens is 1. The molecule has 0 bridgehead atoms. The van der Waals surface area contributed by atoms with Gasteiger partial charge in [0, 0.05) is 18.3 Å². The molecule has 0 aliphatic carbocycles. The number of hydrogen-bond acceptors (Lipinski definition) is 2. The molecule has 0 saturated heterocycles. The predicted octanol–water partition coefficient (Wildman–Crippen LogP) is 3.41. The summed E-state index contributed by atoms with van der Waals surface area (Å²) in [5.41, 5.74) is 9.77. The summed E-state index contributed by atoms with van der Waals surface area (Å²) in [6.07, 6.45) is 1.67. The van der Waals surface area contributed by atoms with Gasteiger partial charge in [-0.25, -0.2) is 4.39 Å². The summed E-state index contributed by atoms with van der Waals surface area (Å²) < 4.78 is 14.4. The zero-order valence-corrected chi connectivity index (χ0v) is 11.6. The van der Waals surface area contributed by atoms with Crippen LogP contribution in [0, 0.1) is 5.82 Å². The highest BCUT2D eigenvalue weighted by Crippen LogP contribution is 2.35. The van der Waals surface area contributed by atoms with Crippen LogP contribution in [0.3, 0.4) is 0 Å². The molecule has 2 N–H and O–H groups in total. The first-order valence-corrected chi connectivity index (χ1v) is 7.04. The van der Waals surface area contributed by atoms with Crippen molar-refractivity contribution in [2.75, 3.05) is 11.4 Å². The molecule has 0 saturated carbocycles. The minimum absolute atomic E-state index is 0.0489. The van der Waals surface area contributed by atoms with Gasteiger partial charge in [0.15, 0.2) is 0 Å². The van der Waals surface area contributed by atoms with Crippen LogP contribution in [0.2, 0.25) is 0 Å². The molecule has 2 aromatic rings. The maximum atomic E-state index is 14.4. The molecule has 0 fully saturated rings. The molecular formula is C17H19FN2. The summed E-state index contributed by atoms with van der Waals surface area (Å²) in [6.45, 7) is 2.77. The van der Waals surface area contributed by atoms with Crippen molar-refractivity contribution < 1.29 is 4.39 Å². The monoisotopic (exact) mass is 270 g/mol. The molecule has 0 spiro atoms. The third-order valence-electron chi connectivity index (χ3n) is 3.75. The number of anilines is 2. The average Bonchev–Trinajstić information content (AvgIpc) is 2.82. The number of fused-ring (bicyclic) bond motifs is 1. The number of nitrogens with zero attached hydrogens (tertiary/aromatic N) is 1. The van der Waals surface area contributed by atoms with Crippen LogP contribution in [0.15, 0.2) is 42.5 Å². The minimum Gasteiger partial charge on any atom is -0.339 e. The number of para-hydroxylation sites is 1. The highest BCUT2D eigenvalue weighted by Gasteiger charge is 2.22. The molecule has 3 heteroatoms. The van der Waals surface area contributed by atoms with Crippen LogP contribution in [0.25, 0.3) is 0 Å². The van der Waals surface area contributed by atoms with Crippen molar-refractivity contribution in [2.45, 2.75) is 25.8 Å². The Bertz CT molecular complexity index is 622. The zero-order chi connectivity index (χ0) is 14.1. The highest BCUT2D eigenvalue weighted by atomic mass is 19.1. The third kappa shape index (κ3) is 2.41. The Hall–Kier alpha value is -1.87. The van der Waals surface area contributed by atoms with Gasteiger partial charge in [0.05, 0.1) is 5.69 Å². The van der Waals surface area contributed by atoms with Gasteiger partial charge in [0.2, 0.25) is 0 Å². The van der Waals surface area contributed by atoms with E-state index in [9.17, 15) is 4.39 Å². The van der Waals surface area contributed by atoms with Crippen LogP contribution in [0.1, 0.15) is 18.1 Å². The maximum Gasteiger partial charge on any atom is 0.147 e. The van der Waals surface area contributed by atoms with Gasteiger partial charge in [0.25, 0.3) is 0 Å². The number of benzene rings is 2. The SMILES string of the molecule is CC(N)Cc1ccc(N2CCc3ccccc32)c(F)c1. The van der Waals surface area contributed by atoms with Crippen molar-refractivity contribution in [1.29, 1.82) is 0 Å². The van der Waals surface area contributed by atoms with Gasteiger partial charge in [0.1, 0.15) is 5.82 Å². The average molecular weight is 270 g/mol. The molecule has 104 valence electrons. The Labute approximate surface area is 119 Å². The Morgan fingerprint density at radius 1 is 1.20 bits per heavy atom. The van der Waals surface area contributed by atoms with Crippen molar-refractivity contribution in [3.05, 3.63) is 59.4 Å². The molecule has 1 unspecified atom stereocenters. The van der Waals surface area contributed by atoms with E-state index in [1.165, 1.54) is 5.56 Å². The lowest BCUT2D eigenvalue weighted by atomic mass is 10.1. The maximum absolute atomic E-state index is 14.4. The molecule has 3 rings (SSSR count). The van der Waals surface area contributed by atoms with Gasteiger partial charge in [-0.1, -0.05) is 24.3 Å². The van der Waals surface area contributed by atoms with E-state index in [1.807, 2.05) is 31.2 Å². The van der Waals surface area contributed by atoms with Gasteiger partial charge >= 0.3 is 0 Å². The van der Waals surface area contributed by atoms with Gasteiger partial charge in [-0.05, 0) is 49.1 Å². The van der Waals surface area contributed by atoms with Gasteiger partial charge in [-0.3, -0.25) is 0 Å². The van der Waals surface area contributed by atoms with E-state index < -0.39 is 0 Å². The molecule has 2 nitrogen and oxygen atoms in total. The predicted molar refractivity (Wildman–Crippen MR) is 80.9 cm³/mol. The van der Waals surface area contributed by atoms with E-state index in [0.717, 1.165) is 24.2 Å². The molecule has 0 aromatic heterocycles. The van der Waals surface area contributed by atoms with Crippen LogP contribution in [-0.4, -0.2) is 12.6 Å². The van der Waals surface area contributed by atoms with E-state index in [2.05, 4.69) is 17.0 Å². The van der Waals surface area contributed by atoms with Crippen molar-refractivity contribution in [2.24, 2.45) is 5.73 Å². The molecule has 0 radical (unpaired) electrons. The molecule has 1 aliphatic rings. The second-order valence-corrected chi connectivity index (χ2v) is 5.50. The molecule has 20 heavy (non-hydrogen) atoms. The first-order valence-electron chi connectivity index (χ1n) is 7.04. The second-order valence-electron chi connectivity index (χ2n) is 5.50. The lowest BCUT2D eigenvalue weighted by Crippen LogP contribution is -2.18. The largest absolute Gasteiger partial charge is 0.339 e. The van der Waals surface area contributed by atoms with Gasteiger partial charge in [-0.2, -0.15) is 0 Å². The van der Waals surface area contributed by atoms with Crippen LogP contribution < -0.4 is 10.6 Å². The van der Waals surface area contributed by atoms with E-state index in [-0.39, 0.29) is 11.9 Å². The van der Waals surface area contributed by atoms with Crippen LogP contribution in [0.5, 0.6) is 0 Å². The van der Waals surface area contributed by atoms with E-state index >= 15 is 0 Å². The topological polar surface area (TPSA) is 29.3 Å². The summed E-state index contributed by atoms with van der Waals surface area (Å²) in [5.74, 6) is -0.167. The van der Waals surface area contributed by atoms with Crippen molar-refractivity contribution >= 4 is 11.4 Å². The number of rotatable bonds is 3. The molecule has 1 heterocycles. The molecule has 0 amide bonds. The normalized spacial score (nSPS) is 15.2. The molecular weight excluding hydrogens is 251 g/mol. The van der Waals surface area contributed by atoms with E-state index in [1.54, 1.807) is 6.07 Å². The quantitative estimate of drug-likeness (QED) is 0.926. The fourth-order valence-electron chi connectivity index (χ4n) is 2.86. The van der Waals surface area contributed by atoms with Gasteiger partial charge in [-0.15, -0.1) is 0 Å². The highest BCUT2D eigenvalue weighted by molar-refractivity contribution is 5.70. The second kappa shape index (κ2) is 5.25. The van der Waals surface area contributed by atoms with E-state index in [4.69, 9.17) is 5.73 Å². The molecule has 1 atom stereocenters. The first-order chi connectivity index (χ1) is 9.65. The lowest BCUT2D eigenvalue weighted by molar-refractivity contribution is 0.621. The minimum atomic E-state index is -0.167. The van der Waals surface area contributed by atoms with Crippen molar-refractivity contribution in [3.63, 3.8) is 0 Å². The standard InChI is InChI=1S/C17H19FN2/c1-12(19)10-13-6-7-17(15(18)11-13)20-9-8-14-4-2-3-5-16(14)20/h2-7,11-12H,8-10,19H2,1H3. The number of hydrogen-bond donors (Lipinski definition) is 1. The fourth-order valence-corrected chi connectivity index (χ4v) is 2.86. The number of nitrogens with two attached hydrogens (primary N) is 1. The molecule has 2 aromatic carbocycles. The Morgan fingerprint density at radius 3 is 2.75 bits per heavy atom. The summed E-state index contributed by atoms with van der Waals surface area (Å²) in [7, 11) is 0. The Balaban J connectivity index is 1.92. The summed E-state index contributed by atoms with van der Waals surface area (Å²) >= 11 is 0. The van der Waals surface area contributed by atoms with Crippen LogP contribution in [0.4, 0.5) is 15.8 Å². The summed E-state index contributed by atoms with van der Waals surface area (Å²) in [4.78, 5) is 2.06. The van der Waals surface area contributed by atoms with Crippen molar-refractivity contribution in [3.8, 4) is 0 Å². The van der Waals surface area contributed by atoms with Crippen LogP contribution >= 0.6 is 0 Å². The fraction of sp³-hybridized carbons (Fsp3) is 0.294. The summed E-state index contributed by atoms with van der Waals surface area (Å²) in [6, 6.07) is 13.7. The molecule has 1 aliphatic heterocycles. The van der Waals surface area contributed by atoms with Crippen LogP contribution in [-0.2, 0) is 12.8 Å². The first kappa shape index (κ1) is 13.1. The van der Waals surface area contributed by atoms with E-state index in [0.29, 0.717) is 12.1 Å². The summed E-state index contributed by atoms with van der Waals surface area (Å²) in [5, 5.41) is 0. The zero-order valence-electron chi connectivity index (χ0n) is 11.6. The van der Waals surface area contributed by atoms with Gasteiger partial charge < -0.3 is 10.6 Å².